The smallest absolute Gasteiger partial charge is 0.244 e. The van der Waals surface area contributed by atoms with Crippen molar-refractivity contribution in [3.05, 3.63) is 30.2 Å². The largest absolute Gasteiger partial charge is 0.367 e. The quantitative estimate of drug-likeness (QED) is 0.616. The van der Waals surface area contributed by atoms with E-state index in [2.05, 4.69) is 27.5 Å². The van der Waals surface area contributed by atoms with Crippen molar-refractivity contribution in [2.24, 2.45) is 23.2 Å². The van der Waals surface area contributed by atoms with Crippen molar-refractivity contribution in [2.45, 2.75) is 45.4 Å². The lowest BCUT2D eigenvalue weighted by atomic mass is 9.48. The maximum atomic E-state index is 12.3. The summed E-state index contributed by atoms with van der Waals surface area (Å²) in [5.41, 5.74) is 1.63. The van der Waals surface area contributed by atoms with Crippen molar-refractivity contribution in [3.8, 4) is 0 Å². The van der Waals surface area contributed by atoms with Crippen LogP contribution in [-0.2, 0) is 4.79 Å². The minimum Gasteiger partial charge on any atom is -0.367 e. The van der Waals surface area contributed by atoms with E-state index in [0.29, 0.717) is 18.5 Å². The van der Waals surface area contributed by atoms with E-state index in [1.54, 1.807) is 18.6 Å². The molecule has 5 rings (SSSR count). The van der Waals surface area contributed by atoms with Gasteiger partial charge in [0.15, 0.2) is 0 Å². The lowest BCUT2D eigenvalue weighted by Gasteiger charge is -2.57. The zero-order valence-corrected chi connectivity index (χ0v) is 15.0. The summed E-state index contributed by atoms with van der Waals surface area (Å²) >= 11 is 0. The molecule has 0 spiro atoms. The molecule has 1 heterocycles. The molecule has 0 saturated heterocycles. The van der Waals surface area contributed by atoms with E-state index in [1.165, 1.54) is 44.1 Å². The lowest BCUT2D eigenvalue weighted by molar-refractivity contribution is -0.116. The first-order chi connectivity index (χ1) is 12.1. The summed E-state index contributed by atoms with van der Waals surface area (Å²) in [6.07, 6.45) is 15.1. The number of carbonyl (C=O) groups excluding carboxylic acids is 1. The van der Waals surface area contributed by atoms with Gasteiger partial charge in [-0.3, -0.25) is 9.78 Å². The van der Waals surface area contributed by atoms with Crippen molar-refractivity contribution < 1.29 is 4.79 Å². The van der Waals surface area contributed by atoms with Crippen LogP contribution in [0.1, 0.15) is 45.4 Å². The summed E-state index contributed by atoms with van der Waals surface area (Å²) < 4.78 is 0. The molecular weight excluding hydrogens is 312 g/mol. The van der Waals surface area contributed by atoms with Gasteiger partial charge in [0.25, 0.3) is 0 Å². The van der Waals surface area contributed by atoms with E-state index in [1.807, 2.05) is 6.08 Å². The van der Waals surface area contributed by atoms with Crippen LogP contribution in [0.4, 0.5) is 5.82 Å². The highest BCUT2D eigenvalue weighted by molar-refractivity contribution is 5.88. The van der Waals surface area contributed by atoms with Crippen LogP contribution in [0.3, 0.4) is 0 Å². The molecular formula is C20H28N4O. The minimum absolute atomic E-state index is 0.0363. The average molecular weight is 340 g/mol. The average Bonchev–Trinajstić information content (AvgIpc) is 2.58. The number of allylic oxidation sites excluding steroid dienone is 1. The Balaban J connectivity index is 1.29. The van der Waals surface area contributed by atoms with Crippen LogP contribution < -0.4 is 10.6 Å². The molecule has 4 aliphatic carbocycles. The second-order valence-corrected chi connectivity index (χ2v) is 8.33. The van der Waals surface area contributed by atoms with Crippen LogP contribution in [0.2, 0.25) is 0 Å². The van der Waals surface area contributed by atoms with Crippen LogP contribution in [0.15, 0.2) is 30.2 Å². The first-order valence-corrected chi connectivity index (χ1v) is 9.59. The summed E-state index contributed by atoms with van der Waals surface area (Å²) in [6, 6.07) is 0. The van der Waals surface area contributed by atoms with Gasteiger partial charge < -0.3 is 10.6 Å². The van der Waals surface area contributed by atoms with Gasteiger partial charge in [0.2, 0.25) is 5.91 Å². The third kappa shape index (κ3) is 3.55. The van der Waals surface area contributed by atoms with Gasteiger partial charge in [0, 0.05) is 31.6 Å². The van der Waals surface area contributed by atoms with Gasteiger partial charge in [0.05, 0.1) is 6.20 Å². The number of carbonyl (C=O) groups is 1. The standard InChI is InChI=1S/C20H28N4O/c1-14(20-10-15-7-16(11-20)9-17(8-15)12-20)6-19(25)24-5-4-23-18-13-21-2-3-22-18/h2-3,6,13,15-17H,4-5,7-12H2,1H3,(H,22,23)(H,24,25)/b14-6-. The highest BCUT2D eigenvalue weighted by Crippen LogP contribution is 2.62. The number of nitrogens with zero attached hydrogens (tertiary/aromatic N) is 2. The second kappa shape index (κ2) is 6.77. The molecule has 0 radical (unpaired) electrons. The Hall–Kier alpha value is -1.91. The van der Waals surface area contributed by atoms with Crippen LogP contribution in [-0.4, -0.2) is 29.0 Å². The first-order valence-electron chi connectivity index (χ1n) is 9.59. The van der Waals surface area contributed by atoms with E-state index in [9.17, 15) is 4.79 Å². The zero-order chi connectivity index (χ0) is 17.3. The van der Waals surface area contributed by atoms with Crippen molar-refractivity contribution in [1.82, 2.24) is 15.3 Å². The summed E-state index contributed by atoms with van der Waals surface area (Å²) in [6.45, 7) is 3.42. The summed E-state index contributed by atoms with van der Waals surface area (Å²) in [5, 5.41) is 6.14. The summed E-state index contributed by atoms with van der Waals surface area (Å²) in [7, 11) is 0. The molecule has 0 unspecified atom stereocenters. The predicted molar refractivity (Wildman–Crippen MR) is 97.9 cm³/mol. The highest BCUT2D eigenvalue weighted by Gasteiger charge is 2.51. The van der Waals surface area contributed by atoms with Crippen LogP contribution in [0.5, 0.6) is 0 Å². The summed E-state index contributed by atoms with van der Waals surface area (Å²) in [5.74, 6) is 3.50. The van der Waals surface area contributed by atoms with E-state index < -0.39 is 0 Å². The summed E-state index contributed by atoms with van der Waals surface area (Å²) in [4.78, 5) is 20.5. The fraction of sp³-hybridized carbons (Fsp3) is 0.650. The molecule has 4 aliphatic rings. The van der Waals surface area contributed by atoms with Gasteiger partial charge in [-0.1, -0.05) is 5.57 Å². The second-order valence-electron chi connectivity index (χ2n) is 8.33. The molecule has 1 amide bonds. The maximum Gasteiger partial charge on any atom is 0.244 e. The molecule has 0 aromatic carbocycles. The Morgan fingerprint density at radius 2 is 1.84 bits per heavy atom. The lowest BCUT2D eigenvalue weighted by Crippen LogP contribution is -2.46. The topological polar surface area (TPSA) is 66.9 Å². The molecule has 4 bridgehead atoms. The van der Waals surface area contributed by atoms with Crippen molar-refractivity contribution in [1.29, 1.82) is 0 Å². The molecule has 4 saturated carbocycles. The number of nitrogens with one attached hydrogen (secondary N) is 2. The Labute approximate surface area is 149 Å². The van der Waals surface area contributed by atoms with Gasteiger partial charge in [-0.05, 0) is 68.6 Å². The zero-order valence-electron chi connectivity index (χ0n) is 15.0. The third-order valence-corrected chi connectivity index (χ3v) is 6.52. The van der Waals surface area contributed by atoms with Gasteiger partial charge >= 0.3 is 0 Å². The van der Waals surface area contributed by atoms with Crippen molar-refractivity contribution in [2.75, 3.05) is 18.4 Å². The number of anilines is 1. The van der Waals surface area contributed by atoms with E-state index in [0.717, 1.165) is 23.6 Å². The molecule has 134 valence electrons. The Morgan fingerprint density at radius 1 is 1.16 bits per heavy atom. The van der Waals surface area contributed by atoms with E-state index >= 15 is 0 Å². The number of aromatic nitrogens is 2. The fourth-order valence-electron chi connectivity index (χ4n) is 5.76. The van der Waals surface area contributed by atoms with Crippen molar-refractivity contribution >= 4 is 11.7 Å². The molecule has 2 N–H and O–H groups in total. The van der Waals surface area contributed by atoms with Crippen LogP contribution in [0.25, 0.3) is 0 Å². The SMILES string of the molecule is C/C(=C/C(=O)NCCNc1cnccn1)C12CC3CC(CC(C3)C1)C2. The number of hydrogen-bond donors (Lipinski definition) is 2. The molecule has 5 nitrogen and oxygen atoms in total. The maximum absolute atomic E-state index is 12.3. The molecule has 1 aromatic heterocycles. The number of rotatable bonds is 6. The Kier molecular flexibility index (Phi) is 4.48. The predicted octanol–water partition coefficient (Wildman–Crippen LogP) is 3.17. The van der Waals surface area contributed by atoms with Crippen LogP contribution >= 0.6 is 0 Å². The minimum atomic E-state index is 0.0363. The van der Waals surface area contributed by atoms with Gasteiger partial charge in [-0.15, -0.1) is 0 Å². The number of hydrogen-bond acceptors (Lipinski definition) is 4. The monoisotopic (exact) mass is 340 g/mol. The molecule has 1 aromatic rings. The normalized spacial score (nSPS) is 33.3. The molecule has 0 aliphatic heterocycles. The van der Waals surface area contributed by atoms with Gasteiger partial charge in [-0.25, -0.2) is 4.98 Å². The first kappa shape index (κ1) is 16.6. The molecule has 5 heteroatoms. The fourth-order valence-corrected chi connectivity index (χ4v) is 5.76. The number of amides is 1. The Morgan fingerprint density at radius 3 is 2.44 bits per heavy atom. The molecule has 4 fully saturated rings. The Bertz CT molecular complexity index is 620. The molecule has 25 heavy (non-hydrogen) atoms. The van der Waals surface area contributed by atoms with Gasteiger partial charge in [-0.2, -0.15) is 0 Å². The molecule has 0 atom stereocenters. The van der Waals surface area contributed by atoms with Crippen LogP contribution in [0, 0.1) is 23.2 Å². The third-order valence-electron chi connectivity index (χ3n) is 6.52. The van der Waals surface area contributed by atoms with E-state index in [-0.39, 0.29) is 5.91 Å². The van der Waals surface area contributed by atoms with E-state index in [4.69, 9.17) is 0 Å². The van der Waals surface area contributed by atoms with Gasteiger partial charge in [0.1, 0.15) is 5.82 Å². The highest BCUT2D eigenvalue weighted by atomic mass is 16.1. The van der Waals surface area contributed by atoms with Crippen molar-refractivity contribution in [3.63, 3.8) is 0 Å².